The summed E-state index contributed by atoms with van der Waals surface area (Å²) in [6.45, 7) is 4.43. The monoisotopic (exact) mass is 141 g/mol. The Kier molecular flexibility index (Phi) is 2.33. The molecule has 1 heterocycles. The molecule has 0 N–H and O–H groups in total. The minimum Gasteiger partial charge on any atom is -0.371 e. The third-order valence-electron chi connectivity index (χ3n) is 1.11. The lowest BCUT2D eigenvalue weighted by atomic mass is 10.4. The Morgan fingerprint density at radius 1 is 1.50 bits per heavy atom. The van der Waals surface area contributed by atoms with Crippen molar-refractivity contribution >= 4 is 5.84 Å². The molecule has 1 rings (SSSR count). The van der Waals surface area contributed by atoms with Crippen molar-refractivity contribution in [2.24, 2.45) is 15.5 Å². The first-order chi connectivity index (χ1) is 4.84. The Bertz CT molecular complexity index is 165. The fourth-order valence-electron chi connectivity index (χ4n) is 0.639. The highest BCUT2D eigenvalue weighted by molar-refractivity contribution is 5.86. The number of rotatable bonds is 3. The summed E-state index contributed by atoms with van der Waals surface area (Å²) in [6.07, 6.45) is -0.0972. The molecule has 0 saturated heterocycles. The van der Waals surface area contributed by atoms with Crippen molar-refractivity contribution in [2.45, 2.75) is 20.0 Å². The zero-order valence-electron chi connectivity index (χ0n) is 5.98. The van der Waals surface area contributed by atoms with Crippen molar-refractivity contribution in [3.8, 4) is 0 Å². The summed E-state index contributed by atoms with van der Waals surface area (Å²) in [6, 6.07) is 0. The van der Waals surface area contributed by atoms with Gasteiger partial charge in [-0.3, -0.25) is 0 Å². The summed E-state index contributed by atoms with van der Waals surface area (Å²) in [7, 11) is 0. The zero-order valence-corrected chi connectivity index (χ0v) is 5.98. The lowest BCUT2D eigenvalue weighted by Crippen LogP contribution is -2.24. The van der Waals surface area contributed by atoms with Crippen LogP contribution in [0.1, 0.15) is 13.8 Å². The highest BCUT2D eigenvalue weighted by atomic mass is 16.5. The van der Waals surface area contributed by atoms with Crippen LogP contribution < -0.4 is 5.43 Å². The summed E-state index contributed by atoms with van der Waals surface area (Å²) in [4.78, 5) is 0. The second-order valence-corrected chi connectivity index (χ2v) is 1.83. The van der Waals surface area contributed by atoms with E-state index < -0.39 is 0 Å². The maximum absolute atomic E-state index is 5.18. The van der Waals surface area contributed by atoms with Crippen molar-refractivity contribution in [2.75, 3.05) is 6.61 Å². The summed E-state index contributed by atoms with van der Waals surface area (Å²) >= 11 is 0. The van der Waals surface area contributed by atoms with Crippen LogP contribution in [0.3, 0.4) is 0 Å². The molecule has 0 spiro atoms. The van der Waals surface area contributed by atoms with E-state index in [0.717, 1.165) is 0 Å². The van der Waals surface area contributed by atoms with Crippen LogP contribution in [0.15, 0.2) is 15.5 Å². The predicted molar refractivity (Wildman–Crippen MR) is 35.5 cm³/mol. The zero-order chi connectivity index (χ0) is 7.40. The molecule has 55 valence electrons. The second-order valence-electron chi connectivity index (χ2n) is 1.83. The maximum atomic E-state index is 5.18. The van der Waals surface area contributed by atoms with E-state index in [4.69, 9.17) is 4.74 Å². The molecule has 0 aromatic carbocycles. The molecule has 1 unspecified atom stereocenters. The van der Waals surface area contributed by atoms with Gasteiger partial charge in [-0.25, -0.2) is 0 Å². The number of hydrogen-bond acceptors (Lipinski definition) is 4. The van der Waals surface area contributed by atoms with Gasteiger partial charge in [0.25, 0.3) is 0 Å². The van der Waals surface area contributed by atoms with Gasteiger partial charge in [0.2, 0.25) is 5.84 Å². The van der Waals surface area contributed by atoms with E-state index in [0.29, 0.717) is 12.4 Å². The second kappa shape index (κ2) is 3.26. The van der Waals surface area contributed by atoms with E-state index in [1.54, 1.807) is 0 Å². The first-order valence-corrected chi connectivity index (χ1v) is 3.14. The Hall–Kier alpha value is -0.970. The third-order valence-corrected chi connectivity index (χ3v) is 1.11. The molecule has 0 saturated carbocycles. The maximum Gasteiger partial charge on any atom is 0.205 e. The van der Waals surface area contributed by atoms with E-state index in [1.165, 1.54) is 0 Å². The van der Waals surface area contributed by atoms with E-state index >= 15 is 0 Å². The van der Waals surface area contributed by atoms with Crippen molar-refractivity contribution in [3.05, 3.63) is 0 Å². The molecule has 5 nitrogen and oxygen atoms in total. The summed E-state index contributed by atoms with van der Waals surface area (Å²) in [5.41, 5.74) is 3.64. The Labute approximate surface area is 59.1 Å². The van der Waals surface area contributed by atoms with Gasteiger partial charge in [0.1, 0.15) is 6.10 Å². The first kappa shape index (κ1) is 7.14. The molecule has 0 bridgehead atoms. The predicted octanol–water partition coefficient (Wildman–Crippen LogP) is 0.710. The van der Waals surface area contributed by atoms with Gasteiger partial charge in [-0.2, -0.15) is 0 Å². The lowest BCUT2D eigenvalue weighted by Gasteiger charge is -2.06. The number of amidine groups is 1. The fraction of sp³-hybridized carbons (Fsp3) is 0.800. The SMILES string of the molecule is CCOC(C)C1=NN=N[N]1. The van der Waals surface area contributed by atoms with Crippen molar-refractivity contribution in [1.29, 1.82) is 0 Å². The van der Waals surface area contributed by atoms with Gasteiger partial charge in [0, 0.05) is 6.61 Å². The quantitative estimate of drug-likeness (QED) is 0.571. The molecular formula is C5H9N4O. The molecule has 1 atom stereocenters. The van der Waals surface area contributed by atoms with Crippen molar-refractivity contribution in [1.82, 2.24) is 5.43 Å². The van der Waals surface area contributed by atoms with E-state index in [-0.39, 0.29) is 6.10 Å². The van der Waals surface area contributed by atoms with Crippen LogP contribution in [0.4, 0.5) is 0 Å². The lowest BCUT2D eigenvalue weighted by molar-refractivity contribution is 0.120. The molecule has 5 heteroatoms. The van der Waals surface area contributed by atoms with Gasteiger partial charge >= 0.3 is 0 Å². The van der Waals surface area contributed by atoms with Crippen LogP contribution in [-0.4, -0.2) is 18.5 Å². The standard InChI is InChI=1S/C5H9N4O/c1-3-10-4(2)5-6-8-9-7-5/h4H,3H2,1-2H3. The molecule has 0 aliphatic carbocycles. The van der Waals surface area contributed by atoms with Crippen LogP contribution in [-0.2, 0) is 4.74 Å². The van der Waals surface area contributed by atoms with E-state index in [9.17, 15) is 0 Å². The molecule has 1 aliphatic heterocycles. The van der Waals surface area contributed by atoms with Crippen LogP contribution in [0, 0.1) is 0 Å². The molecule has 10 heavy (non-hydrogen) atoms. The smallest absolute Gasteiger partial charge is 0.205 e. The molecule has 0 fully saturated rings. The van der Waals surface area contributed by atoms with Crippen LogP contribution in [0.5, 0.6) is 0 Å². The van der Waals surface area contributed by atoms with Gasteiger partial charge in [0.15, 0.2) is 0 Å². The average molecular weight is 141 g/mol. The normalized spacial score (nSPS) is 18.4. The molecule has 0 aromatic rings. The van der Waals surface area contributed by atoms with Gasteiger partial charge in [0.05, 0.1) is 0 Å². The summed E-state index contributed by atoms with van der Waals surface area (Å²) in [5, 5.41) is 10.3. The summed E-state index contributed by atoms with van der Waals surface area (Å²) in [5.74, 6) is 0.543. The minimum atomic E-state index is -0.0972. The topological polar surface area (TPSA) is 60.4 Å². The number of nitrogens with zero attached hydrogens (tertiary/aromatic N) is 4. The van der Waals surface area contributed by atoms with Crippen molar-refractivity contribution < 1.29 is 4.74 Å². The molecule has 0 aromatic heterocycles. The van der Waals surface area contributed by atoms with E-state index in [1.807, 2.05) is 13.8 Å². The van der Waals surface area contributed by atoms with Crippen molar-refractivity contribution in [3.63, 3.8) is 0 Å². The van der Waals surface area contributed by atoms with Gasteiger partial charge < -0.3 is 4.74 Å². The minimum absolute atomic E-state index is 0.0972. The molecule has 1 aliphatic rings. The molecular weight excluding hydrogens is 132 g/mol. The Balaban J connectivity index is 2.35. The largest absolute Gasteiger partial charge is 0.371 e. The van der Waals surface area contributed by atoms with Gasteiger partial charge in [-0.05, 0) is 24.3 Å². The molecule has 0 amide bonds. The van der Waals surface area contributed by atoms with Crippen LogP contribution in [0.25, 0.3) is 0 Å². The van der Waals surface area contributed by atoms with Crippen LogP contribution >= 0.6 is 0 Å². The highest BCUT2D eigenvalue weighted by Crippen LogP contribution is 1.99. The Morgan fingerprint density at radius 2 is 2.30 bits per heavy atom. The Morgan fingerprint density at radius 3 is 2.80 bits per heavy atom. The molecule has 1 radical (unpaired) electrons. The van der Waals surface area contributed by atoms with E-state index in [2.05, 4.69) is 21.0 Å². The number of ether oxygens (including phenoxy) is 1. The first-order valence-electron chi connectivity index (χ1n) is 3.14. The average Bonchev–Trinajstić information content (AvgIpc) is 2.38. The summed E-state index contributed by atoms with van der Waals surface area (Å²) < 4.78 is 5.18. The highest BCUT2D eigenvalue weighted by Gasteiger charge is 2.14. The number of hydrogen-bond donors (Lipinski definition) is 0. The third kappa shape index (κ3) is 1.51. The van der Waals surface area contributed by atoms with Gasteiger partial charge in [-0.1, -0.05) is 0 Å². The van der Waals surface area contributed by atoms with Gasteiger partial charge in [-0.15, -0.1) is 10.5 Å². The fourth-order valence-corrected chi connectivity index (χ4v) is 0.639. The van der Waals surface area contributed by atoms with Crippen LogP contribution in [0.2, 0.25) is 0 Å².